The Kier molecular flexibility index (Phi) is 7.02. The fourth-order valence-electron chi connectivity index (χ4n) is 2.68. The molecule has 1 heterocycles. The van der Waals surface area contributed by atoms with Crippen LogP contribution < -0.4 is 16.0 Å². The van der Waals surface area contributed by atoms with Crippen molar-refractivity contribution in [1.29, 1.82) is 0 Å². The molecule has 3 N–H and O–H groups in total. The summed E-state index contributed by atoms with van der Waals surface area (Å²) in [6.07, 6.45) is 0.192. The van der Waals surface area contributed by atoms with E-state index < -0.39 is 6.09 Å². The highest BCUT2D eigenvalue weighted by molar-refractivity contribution is 6.31. The van der Waals surface area contributed by atoms with E-state index >= 15 is 0 Å². The first-order chi connectivity index (χ1) is 14.7. The fraction of sp³-hybridized carbons (Fsp3) is 0.318. The van der Waals surface area contributed by atoms with Gasteiger partial charge in [-0.3, -0.25) is 4.79 Å². The SMILES string of the molecule is CC(C)(C)NC(=O)OCCCC(=O)Nc1ccc(Nc2nc3cc(Cl)ccc3o2)cc1. The summed E-state index contributed by atoms with van der Waals surface area (Å²) in [5, 5.41) is 9.17. The summed E-state index contributed by atoms with van der Waals surface area (Å²) in [7, 11) is 0. The molecule has 0 radical (unpaired) electrons. The number of amides is 2. The van der Waals surface area contributed by atoms with Crippen LogP contribution in [0.25, 0.3) is 11.1 Å². The molecule has 0 aliphatic carbocycles. The smallest absolute Gasteiger partial charge is 0.407 e. The molecule has 0 aliphatic rings. The molecule has 164 valence electrons. The van der Waals surface area contributed by atoms with Crippen LogP contribution in [0, 0.1) is 0 Å². The number of aromatic nitrogens is 1. The van der Waals surface area contributed by atoms with Gasteiger partial charge in [0.2, 0.25) is 5.91 Å². The van der Waals surface area contributed by atoms with Crippen molar-refractivity contribution in [3.8, 4) is 0 Å². The molecule has 0 atom stereocenters. The minimum atomic E-state index is -0.488. The van der Waals surface area contributed by atoms with Crippen LogP contribution >= 0.6 is 11.6 Å². The van der Waals surface area contributed by atoms with Gasteiger partial charge in [0, 0.05) is 28.4 Å². The van der Waals surface area contributed by atoms with Crippen LogP contribution in [0.4, 0.5) is 22.2 Å². The molecule has 3 rings (SSSR count). The summed E-state index contributed by atoms with van der Waals surface area (Å²) in [6, 6.07) is 12.7. The summed E-state index contributed by atoms with van der Waals surface area (Å²) in [4.78, 5) is 28.0. The normalized spacial score (nSPS) is 11.2. The maximum absolute atomic E-state index is 12.1. The summed E-state index contributed by atoms with van der Waals surface area (Å²) >= 11 is 5.96. The molecular weight excluding hydrogens is 420 g/mol. The van der Waals surface area contributed by atoms with Gasteiger partial charge in [0.05, 0.1) is 6.61 Å². The first-order valence-corrected chi connectivity index (χ1v) is 10.2. The molecule has 31 heavy (non-hydrogen) atoms. The second kappa shape index (κ2) is 9.70. The average Bonchev–Trinajstić information content (AvgIpc) is 3.07. The molecule has 3 aromatic rings. The lowest BCUT2D eigenvalue weighted by Gasteiger charge is -2.19. The van der Waals surface area contributed by atoms with Crippen molar-refractivity contribution in [2.75, 3.05) is 17.2 Å². The quantitative estimate of drug-likeness (QED) is 0.417. The molecule has 0 aliphatic heterocycles. The number of alkyl carbamates (subject to hydrolysis) is 1. The number of halogens is 1. The van der Waals surface area contributed by atoms with E-state index in [0.717, 1.165) is 5.69 Å². The molecule has 0 fully saturated rings. The van der Waals surface area contributed by atoms with Crippen LogP contribution in [0.1, 0.15) is 33.6 Å². The van der Waals surface area contributed by atoms with Crippen molar-refractivity contribution < 1.29 is 18.7 Å². The van der Waals surface area contributed by atoms with E-state index in [1.54, 1.807) is 42.5 Å². The lowest BCUT2D eigenvalue weighted by atomic mass is 10.1. The van der Waals surface area contributed by atoms with Gasteiger partial charge in [0.15, 0.2) is 5.58 Å². The number of fused-ring (bicyclic) bond motifs is 1. The van der Waals surface area contributed by atoms with E-state index in [1.165, 1.54) is 0 Å². The lowest BCUT2D eigenvalue weighted by Crippen LogP contribution is -2.41. The first kappa shape index (κ1) is 22.4. The Labute approximate surface area is 185 Å². The molecular formula is C22H25ClN4O4. The molecule has 8 nitrogen and oxygen atoms in total. The molecule has 0 spiro atoms. The van der Waals surface area contributed by atoms with Gasteiger partial charge in [-0.15, -0.1) is 0 Å². The van der Waals surface area contributed by atoms with Gasteiger partial charge in [0.1, 0.15) is 5.52 Å². The van der Waals surface area contributed by atoms with E-state index in [-0.39, 0.29) is 24.5 Å². The first-order valence-electron chi connectivity index (χ1n) is 9.86. The number of benzene rings is 2. The third-order valence-electron chi connectivity index (χ3n) is 4.03. The Balaban J connectivity index is 1.43. The third-order valence-corrected chi connectivity index (χ3v) is 4.26. The predicted molar refractivity (Wildman–Crippen MR) is 121 cm³/mol. The van der Waals surface area contributed by atoms with Crippen molar-refractivity contribution >= 4 is 52.1 Å². The second-order valence-electron chi connectivity index (χ2n) is 8.00. The van der Waals surface area contributed by atoms with E-state index in [1.807, 2.05) is 20.8 Å². The van der Waals surface area contributed by atoms with Gasteiger partial charge in [-0.05, 0) is 69.7 Å². The summed E-state index contributed by atoms with van der Waals surface area (Å²) in [6.45, 7) is 5.77. The van der Waals surface area contributed by atoms with Crippen molar-refractivity contribution in [2.45, 2.75) is 39.2 Å². The van der Waals surface area contributed by atoms with Crippen LogP contribution in [0.3, 0.4) is 0 Å². The monoisotopic (exact) mass is 444 g/mol. The average molecular weight is 445 g/mol. The van der Waals surface area contributed by atoms with Crippen LogP contribution in [-0.2, 0) is 9.53 Å². The number of oxazole rings is 1. The Hall–Kier alpha value is -3.26. The number of nitrogens with one attached hydrogen (secondary N) is 3. The number of hydrogen-bond acceptors (Lipinski definition) is 6. The number of ether oxygens (including phenoxy) is 1. The lowest BCUT2D eigenvalue weighted by molar-refractivity contribution is -0.116. The highest BCUT2D eigenvalue weighted by Gasteiger charge is 2.14. The Bertz CT molecular complexity index is 1060. The topological polar surface area (TPSA) is 105 Å². The van der Waals surface area contributed by atoms with Crippen LogP contribution in [0.5, 0.6) is 0 Å². The minimum absolute atomic E-state index is 0.156. The fourth-order valence-corrected chi connectivity index (χ4v) is 2.84. The van der Waals surface area contributed by atoms with Gasteiger partial charge in [0.25, 0.3) is 6.01 Å². The van der Waals surface area contributed by atoms with Crippen LogP contribution in [0.2, 0.25) is 5.02 Å². The molecule has 1 aromatic heterocycles. The largest absolute Gasteiger partial charge is 0.450 e. The Morgan fingerprint density at radius 2 is 1.81 bits per heavy atom. The van der Waals surface area contributed by atoms with E-state index in [4.69, 9.17) is 20.8 Å². The van der Waals surface area contributed by atoms with Crippen molar-refractivity contribution in [3.63, 3.8) is 0 Å². The highest BCUT2D eigenvalue weighted by atomic mass is 35.5. The predicted octanol–water partition coefficient (Wildman–Crippen LogP) is 5.47. The number of nitrogens with zero attached hydrogens (tertiary/aromatic N) is 1. The number of hydrogen-bond donors (Lipinski definition) is 3. The molecule has 0 bridgehead atoms. The summed E-state index contributed by atoms with van der Waals surface area (Å²) < 4.78 is 10.7. The Morgan fingerprint density at radius 1 is 1.10 bits per heavy atom. The van der Waals surface area contributed by atoms with E-state index in [2.05, 4.69) is 20.9 Å². The molecule has 2 amide bonds. The molecule has 0 saturated heterocycles. The zero-order chi connectivity index (χ0) is 22.4. The number of anilines is 3. The Morgan fingerprint density at radius 3 is 2.52 bits per heavy atom. The van der Waals surface area contributed by atoms with E-state index in [9.17, 15) is 9.59 Å². The zero-order valence-electron chi connectivity index (χ0n) is 17.6. The maximum Gasteiger partial charge on any atom is 0.407 e. The molecule has 0 saturated carbocycles. The van der Waals surface area contributed by atoms with Crippen molar-refractivity contribution in [2.24, 2.45) is 0 Å². The van der Waals surface area contributed by atoms with Gasteiger partial charge in [-0.2, -0.15) is 4.98 Å². The maximum atomic E-state index is 12.1. The van der Waals surface area contributed by atoms with Crippen LogP contribution in [-0.4, -0.2) is 29.1 Å². The number of rotatable bonds is 7. The van der Waals surface area contributed by atoms with E-state index in [0.29, 0.717) is 34.2 Å². The minimum Gasteiger partial charge on any atom is -0.450 e. The third kappa shape index (κ3) is 7.18. The van der Waals surface area contributed by atoms with Crippen molar-refractivity contribution in [1.82, 2.24) is 10.3 Å². The summed E-state index contributed by atoms with van der Waals surface area (Å²) in [5.74, 6) is -0.156. The molecule has 0 unspecified atom stereocenters. The molecule has 9 heteroatoms. The number of carbonyl (C=O) groups excluding carboxylic acids is 2. The second-order valence-corrected chi connectivity index (χ2v) is 8.43. The van der Waals surface area contributed by atoms with Gasteiger partial charge < -0.3 is 25.1 Å². The van der Waals surface area contributed by atoms with Crippen LogP contribution in [0.15, 0.2) is 46.9 Å². The summed E-state index contributed by atoms with van der Waals surface area (Å²) in [5.41, 5.74) is 2.36. The highest BCUT2D eigenvalue weighted by Crippen LogP contribution is 2.25. The zero-order valence-corrected chi connectivity index (χ0v) is 18.4. The van der Waals surface area contributed by atoms with Gasteiger partial charge >= 0.3 is 6.09 Å². The number of carbonyl (C=O) groups is 2. The molecule has 2 aromatic carbocycles. The standard InChI is InChI=1S/C22H25ClN4O4/c1-22(2,3)27-21(29)30-12-4-5-19(28)24-15-7-9-16(10-8-15)25-20-26-17-13-14(23)6-11-18(17)31-20/h6-11,13H,4-5,12H2,1-3H3,(H,24,28)(H,25,26)(H,27,29). The van der Waals surface area contributed by atoms with Gasteiger partial charge in [-0.25, -0.2) is 4.79 Å². The van der Waals surface area contributed by atoms with Gasteiger partial charge in [-0.1, -0.05) is 11.6 Å². The van der Waals surface area contributed by atoms with Crippen molar-refractivity contribution in [3.05, 3.63) is 47.5 Å².